The summed E-state index contributed by atoms with van der Waals surface area (Å²) in [6, 6.07) is 5.40. The molecule has 1 fully saturated rings. The third-order valence-electron chi connectivity index (χ3n) is 3.47. The summed E-state index contributed by atoms with van der Waals surface area (Å²) >= 11 is 0. The highest BCUT2D eigenvalue weighted by Crippen LogP contribution is 2.26. The van der Waals surface area contributed by atoms with Gasteiger partial charge in [0.15, 0.2) is 11.5 Å². The molecule has 20 heavy (non-hydrogen) atoms. The summed E-state index contributed by atoms with van der Waals surface area (Å²) in [5.41, 5.74) is 1.02. The standard InChI is InChI=1S/C14H20N2O4/c1-20-13-3-2-11(8-12(13)17)9-15-4-6-16(7-5-15)10-14(18)19/h2-3,8,17H,4-7,9-10H2,1H3,(H,18,19). The quantitative estimate of drug-likeness (QED) is 0.823. The van der Waals surface area contributed by atoms with Crippen molar-refractivity contribution in [1.29, 1.82) is 0 Å². The van der Waals surface area contributed by atoms with E-state index in [0.29, 0.717) is 5.75 Å². The molecule has 0 amide bonds. The highest BCUT2D eigenvalue weighted by atomic mass is 16.5. The van der Waals surface area contributed by atoms with Crippen LogP contribution in [-0.2, 0) is 11.3 Å². The number of phenolic OH excluding ortho intramolecular Hbond substituents is 1. The van der Waals surface area contributed by atoms with Gasteiger partial charge in [-0.15, -0.1) is 0 Å². The van der Waals surface area contributed by atoms with Crippen LogP contribution in [0.2, 0.25) is 0 Å². The molecule has 0 aliphatic carbocycles. The number of carbonyl (C=O) groups is 1. The number of methoxy groups -OCH3 is 1. The van der Waals surface area contributed by atoms with Gasteiger partial charge < -0.3 is 14.9 Å². The van der Waals surface area contributed by atoms with E-state index in [2.05, 4.69) is 4.90 Å². The first-order chi connectivity index (χ1) is 9.58. The lowest BCUT2D eigenvalue weighted by Gasteiger charge is -2.33. The van der Waals surface area contributed by atoms with Crippen LogP contribution in [0.1, 0.15) is 5.56 Å². The molecule has 2 rings (SSSR count). The third kappa shape index (κ3) is 3.85. The van der Waals surface area contributed by atoms with Gasteiger partial charge in [0.2, 0.25) is 0 Å². The zero-order valence-electron chi connectivity index (χ0n) is 11.6. The van der Waals surface area contributed by atoms with Crippen molar-refractivity contribution in [2.75, 3.05) is 39.8 Å². The molecule has 1 aromatic rings. The van der Waals surface area contributed by atoms with Gasteiger partial charge in [-0.2, -0.15) is 0 Å². The van der Waals surface area contributed by atoms with Crippen molar-refractivity contribution >= 4 is 5.97 Å². The molecule has 6 heteroatoms. The fraction of sp³-hybridized carbons (Fsp3) is 0.500. The van der Waals surface area contributed by atoms with E-state index in [1.165, 1.54) is 7.11 Å². The van der Waals surface area contributed by atoms with Crippen LogP contribution in [0.4, 0.5) is 0 Å². The molecule has 0 saturated carbocycles. The molecule has 0 bridgehead atoms. The summed E-state index contributed by atoms with van der Waals surface area (Å²) in [7, 11) is 1.52. The first kappa shape index (κ1) is 14.6. The van der Waals surface area contributed by atoms with Gasteiger partial charge in [0.05, 0.1) is 13.7 Å². The maximum atomic E-state index is 10.6. The monoisotopic (exact) mass is 280 g/mol. The van der Waals surface area contributed by atoms with Crippen molar-refractivity contribution in [3.8, 4) is 11.5 Å². The van der Waals surface area contributed by atoms with Crippen molar-refractivity contribution in [1.82, 2.24) is 9.80 Å². The normalized spacial score (nSPS) is 17.1. The van der Waals surface area contributed by atoms with E-state index in [9.17, 15) is 9.90 Å². The summed E-state index contributed by atoms with van der Waals surface area (Å²) in [6.07, 6.45) is 0. The zero-order chi connectivity index (χ0) is 14.5. The maximum Gasteiger partial charge on any atom is 0.317 e. The summed E-state index contributed by atoms with van der Waals surface area (Å²) < 4.78 is 5.02. The highest BCUT2D eigenvalue weighted by Gasteiger charge is 2.18. The first-order valence-electron chi connectivity index (χ1n) is 6.61. The number of aromatic hydroxyl groups is 1. The molecule has 0 aromatic heterocycles. The van der Waals surface area contributed by atoms with Gasteiger partial charge in [0.25, 0.3) is 0 Å². The molecule has 1 heterocycles. The van der Waals surface area contributed by atoms with Gasteiger partial charge >= 0.3 is 5.97 Å². The maximum absolute atomic E-state index is 10.6. The van der Waals surface area contributed by atoms with Gasteiger partial charge in [-0.1, -0.05) is 6.07 Å². The number of benzene rings is 1. The third-order valence-corrected chi connectivity index (χ3v) is 3.47. The van der Waals surface area contributed by atoms with Crippen LogP contribution < -0.4 is 4.74 Å². The Morgan fingerprint density at radius 2 is 1.90 bits per heavy atom. The minimum Gasteiger partial charge on any atom is -0.504 e. The zero-order valence-corrected chi connectivity index (χ0v) is 11.6. The van der Waals surface area contributed by atoms with Crippen LogP contribution in [0.5, 0.6) is 11.5 Å². The largest absolute Gasteiger partial charge is 0.504 e. The number of aliphatic carboxylic acids is 1. The summed E-state index contributed by atoms with van der Waals surface area (Å²) in [4.78, 5) is 14.8. The smallest absolute Gasteiger partial charge is 0.317 e. The lowest BCUT2D eigenvalue weighted by molar-refractivity contribution is -0.138. The fourth-order valence-electron chi connectivity index (χ4n) is 2.39. The molecule has 0 unspecified atom stereocenters. The number of nitrogens with zero attached hydrogens (tertiary/aromatic N) is 2. The number of hydrogen-bond donors (Lipinski definition) is 2. The molecule has 2 N–H and O–H groups in total. The SMILES string of the molecule is COc1ccc(CN2CCN(CC(=O)O)CC2)cc1O. The van der Waals surface area contributed by atoms with Crippen molar-refractivity contribution < 1.29 is 19.7 Å². The minimum atomic E-state index is -0.779. The second-order valence-corrected chi connectivity index (χ2v) is 4.95. The van der Waals surface area contributed by atoms with Gasteiger partial charge in [0, 0.05) is 32.7 Å². The molecular weight excluding hydrogens is 260 g/mol. The molecule has 1 aromatic carbocycles. The van der Waals surface area contributed by atoms with Crippen LogP contribution in [-0.4, -0.2) is 65.8 Å². The van der Waals surface area contributed by atoms with Crippen LogP contribution in [0.25, 0.3) is 0 Å². The molecule has 0 radical (unpaired) electrons. The van der Waals surface area contributed by atoms with Gasteiger partial charge in [-0.25, -0.2) is 0 Å². The molecule has 1 saturated heterocycles. The number of carboxylic acids is 1. The number of hydrogen-bond acceptors (Lipinski definition) is 5. The molecular formula is C14H20N2O4. The molecule has 1 aliphatic rings. The number of carboxylic acid groups (broad SMARTS) is 1. The second kappa shape index (κ2) is 6.58. The molecule has 110 valence electrons. The Kier molecular flexibility index (Phi) is 4.81. The number of piperazine rings is 1. The Hall–Kier alpha value is -1.79. The topological polar surface area (TPSA) is 73.2 Å². The van der Waals surface area contributed by atoms with E-state index >= 15 is 0 Å². The number of phenols is 1. The van der Waals surface area contributed by atoms with Crippen LogP contribution >= 0.6 is 0 Å². The van der Waals surface area contributed by atoms with Crippen LogP contribution in [0.15, 0.2) is 18.2 Å². The molecule has 6 nitrogen and oxygen atoms in total. The van der Waals surface area contributed by atoms with E-state index in [-0.39, 0.29) is 12.3 Å². The highest BCUT2D eigenvalue weighted by molar-refractivity contribution is 5.69. The number of rotatable bonds is 5. The van der Waals surface area contributed by atoms with Crippen molar-refractivity contribution in [3.05, 3.63) is 23.8 Å². The summed E-state index contributed by atoms with van der Waals surface area (Å²) in [6.45, 7) is 4.04. The van der Waals surface area contributed by atoms with E-state index in [1.807, 2.05) is 11.0 Å². The fourth-order valence-corrected chi connectivity index (χ4v) is 2.39. The first-order valence-corrected chi connectivity index (χ1v) is 6.61. The average Bonchev–Trinajstić information content (AvgIpc) is 2.41. The van der Waals surface area contributed by atoms with Crippen molar-refractivity contribution in [2.24, 2.45) is 0 Å². The average molecular weight is 280 g/mol. The van der Waals surface area contributed by atoms with Crippen molar-refractivity contribution in [3.63, 3.8) is 0 Å². The van der Waals surface area contributed by atoms with E-state index in [1.54, 1.807) is 12.1 Å². The molecule has 0 spiro atoms. The Balaban J connectivity index is 1.86. The molecule has 0 atom stereocenters. The predicted octanol–water partition coefficient (Wildman–Crippen LogP) is 0.603. The van der Waals surface area contributed by atoms with Gasteiger partial charge in [-0.05, 0) is 17.7 Å². The van der Waals surface area contributed by atoms with Crippen LogP contribution in [0, 0.1) is 0 Å². The summed E-state index contributed by atoms with van der Waals surface area (Å²) in [5, 5.41) is 18.5. The predicted molar refractivity (Wildman–Crippen MR) is 74.0 cm³/mol. The van der Waals surface area contributed by atoms with E-state index < -0.39 is 5.97 Å². The lowest BCUT2D eigenvalue weighted by Crippen LogP contribution is -2.47. The lowest BCUT2D eigenvalue weighted by atomic mass is 10.1. The van der Waals surface area contributed by atoms with E-state index in [0.717, 1.165) is 38.3 Å². The Bertz CT molecular complexity index is 470. The Labute approximate surface area is 118 Å². The minimum absolute atomic E-state index is 0.108. The van der Waals surface area contributed by atoms with Crippen LogP contribution in [0.3, 0.4) is 0 Å². The Morgan fingerprint density at radius 3 is 2.45 bits per heavy atom. The number of ether oxygens (including phenoxy) is 1. The van der Waals surface area contributed by atoms with E-state index in [4.69, 9.17) is 9.84 Å². The summed E-state index contributed by atoms with van der Waals surface area (Å²) in [5.74, 6) is -0.159. The Morgan fingerprint density at radius 1 is 1.25 bits per heavy atom. The van der Waals surface area contributed by atoms with Gasteiger partial charge in [-0.3, -0.25) is 14.6 Å². The molecule has 1 aliphatic heterocycles. The second-order valence-electron chi connectivity index (χ2n) is 4.95. The van der Waals surface area contributed by atoms with Crippen molar-refractivity contribution in [2.45, 2.75) is 6.54 Å². The van der Waals surface area contributed by atoms with Gasteiger partial charge in [0.1, 0.15) is 0 Å².